The van der Waals surface area contributed by atoms with E-state index in [1.165, 1.54) is 6.42 Å². The third-order valence-corrected chi connectivity index (χ3v) is 4.31. The lowest BCUT2D eigenvalue weighted by Gasteiger charge is -2.49. The number of carbonyl (C=O) groups excluding carboxylic acids is 1. The van der Waals surface area contributed by atoms with Gasteiger partial charge in [0.25, 0.3) is 5.91 Å². The van der Waals surface area contributed by atoms with Crippen molar-refractivity contribution in [1.82, 2.24) is 20.0 Å². The molecule has 0 saturated heterocycles. The first-order chi connectivity index (χ1) is 8.87. The highest BCUT2D eigenvalue weighted by Gasteiger charge is 2.41. The zero-order chi connectivity index (χ0) is 14.2. The molecule has 0 spiro atoms. The van der Waals surface area contributed by atoms with Crippen LogP contribution in [0.15, 0.2) is 0 Å². The number of nitrogens with zero attached hydrogens (tertiary/aromatic N) is 3. The predicted octanol–water partition coefficient (Wildman–Crippen LogP) is 0.857. The molecule has 1 fully saturated rings. The van der Waals surface area contributed by atoms with Gasteiger partial charge in [-0.05, 0) is 40.3 Å². The highest BCUT2D eigenvalue weighted by Crippen LogP contribution is 2.36. The third kappa shape index (κ3) is 2.32. The number of nitrogens with one attached hydrogen (secondary N) is 1. The fourth-order valence-electron chi connectivity index (χ4n) is 2.63. The number of aryl methyl sites for hydroxylation is 1. The molecule has 0 radical (unpaired) electrons. The molecule has 19 heavy (non-hydrogen) atoms. The number of anilines is 1. The topological polar surface area (TPSA) is 78.2 Å². The molecular formula is C13H23N5O. The first-order valence-corrected chi connectivity index (χ1v) is 6.61. The van der Waals surface area contributed by atoms with Gasteiger partial charge in [-0.2, -0.15) is 5.10 Å². The van der Waals surface area contributed by atoms with Gasteiger partial charge in [-0.25, -0.2) is 0 Å². The summed E-state index contributed by atoms with van der Waals surface area (Å²) in [6, 6.07) is 0. The number of likely N-dealkylation sites (N-methyl/N-ethyl adjacent to an activating group) is 2. The molecule has 0 bridgehead atoms. The lowest BCUT2D eigenvalue weighted by molar-refractivity contribution is 0.0250. The largest absolute Gasteiger partial charge is 0.395 e. The van der Waals surface area contributed by atoms with Crippen LogP contribution in [0.3, 0.4) is 0 Å². The van der Waals surface area contributed by atoms with E-state index in [2.05, 4.69) is 29.2 Å². The van der Waals surface area contributed by atoms with E-state index in [-0.39, 0.29) is 11.4 Å². The van der Waals surface area contributed by atoms with Gasteiger partial charge in [0, 0.05) is 19.1 Å². The van der Waals surface area contributed by atoms with Crippen LogP contribution in [0.5, 0.6) is 0 Å². The van der Waals surface area contributed by atoms with Crippen molar-refractivity contribution in [3.63, 3.8) is 0 Å². The molecule has 0 aliphatic heterocycles. The van der Waals surface area contributed by atoms with Crippen molar-refractivity contribution in [3.05, 3.63) is 11.4 Å². The molecule has 6 heteroatoms. The Morgan fingerprint density at radius 3 is 2.42 bits per heavy atom. The van der Waals surface area contributed by atoms with E-state index in [1.807, 2.05) is 14.0 Å². The maximum Gasteiger partial charge on any atom is 0.276 e. The zero-order valence-electron chi connectivity index (χ0n) is 12.2. The molecule has 6 nitrogen and oxygen atoms in total. The van der Waals surface area contributed by atoms with Gasteiger partial charge in [-0.3, -0.25) is 9.89 Å². The summed E-state index contributed by atoms with van der Waals surface area (Å²) in [5.41, 5.74) is 7.49. The second kappa shape index (κ2) is 4.85. The van der Waals surface area contributed by atoms with E-state index in [9.17, 15) is 4.79 Å². The normalized spacial score (nSPS) is 17.3. The molecule has 0 atom stereocenters. The van der Waals surface area contributed by atoms with Gasteiger partial charge >= 0.3 is 0 Å². The molecule has 3 N–H and O–H groups in total. The van der Waals surface area contributed by atoms with Crippen molar-refractivity contribution in [2.45, 2.75) is 31.7 Å². The summed E-state index contributed by atoms with van der Waals surface area (Å²) in [5.74, 6) is -0.116. The SMILES string of the molecule is Cc1[nH]nc(C(=O)N(C)CC2(N(C)C)CCC2)c1N. The molecule has 1 aromatic heterocycles. The van der Waals surface area contributed by atoms with E-state index in [0.717, 1.165) is 18.5 Å². The van der Waals surface area contributed by atoms with Crippen molar-refractivity contribution >= 4 is 11.6 Å². The molecular weight excluding hydrogens is 242 g/mol. The number of aromatic nitrogens is 2. The average molecular weight is 265 g/mol. The fourth-order valence-corrected chi connectivity index (χ4v) is 2.63. The van der Waals surface area contributed by atoms with E-state index in [0.29, 0.717) is 17.9 Å². The van der Waals surface area contributed by atoms with Crippen LogP contribution in [0.4, 0.5) is 5.69 Å². The van der Waals surface area contributed by atoms with Crippen LogP contribution < -0.4 is 5.73 Å². The van der Waals surface area contributed by atoms with Gasteiger partial charge in [0.2, 0.25) is 0 Å². The Morgan fingerprint density at radius 2 is 2.05 bits per heavy atom. The first kappa shape index (κ1) is 13.9. The minimum Gasteiger partial charge on any atom is -0.395 e. The minimum absolute atomic E-state index is 0.116. The number of hydrogen-bond donors (Lipinski definition) is 2. The van der Waals surface area contributed by atoms with Crippen LogP contribution >= 0.6 is 0 Å². The van der Waals surface area contributed by atoms with Crippen molar-refractivity contribution in [1.29, 1.82) is 0 Å². The molecule has 1 aliphatic carbocycles. The van der Waals surface area contributed by atoms with Crippen molar-refractivity contribution in [2.75, 3.05) is 33.4 Å². The number of hydrogen-bond acceptors (Lipinski definition) is 4. The second-order valence-corrected chi connectivity index (χ2v) is 5.74. The number of rotatable bonds is 4. The van der Waals surface area contributed by atoms with Gasteiger partial charge in [0.15, 0.2) is 5.69 Å². The second-order valence-electron chi connectivity index (χ2n) is 5.74. The van der Waals surface area contributed by atoms with Crippen LogP contribution in [0.2, 0.25) is 0 Å². The van der Waals surface area contributed by atoms with E-state index < -0.39 is 0 Å². The number of nitrogens with two attached hydrogens (primary N) is 1. The standard InChI is InChI=1S/C13H23N5O/c1-9-10(14)11(16-15-9)12(19)18(4)8-13(17(2)3)6-5-7-13/h5-8,14H2,1-4H3,(H,15,16). The van der Waals surface area contributed by atoms with Gasteiger partial charge < -0.3 is 15.5 Å². The van der Waals surface area contributed by atoms with Gasteiger partial charge in [-0.15, -0.1) is 0 Å². The summed E-state index contributed by atoms with van der Waals surface area (Å²) in [5, 5.41) is 6.75. The lowest BCUT2D eigenvalue weighted by Crippen LogP contribution is -2.57. The Bertz CT molecular complexity index is 475. The summed E-state index contributed by atoms with van der Waals surface area (Å²) in [4.78, 5) is 16.3. The molecule has 1 heterocycles. The van der Waals surface area contributed by atoms with Gasteiger partial charge in [0.1, 0.15) is 0 Å². The van der Waals surface area contributed by atoms with E-state index >= 15 is 0 Å². The molecule has 106 valence electrons. The quantitative estimate of drug-likeness (QED) is 0.846. The van der Waals surface area contributed by atoms with Crippen LogP contribution in [0.25, 0.3) is 0 Å². The Labute approximate surface area is 113 Å². The van der Waals surface area contributed by atoms with Crippen molar-refractivity contribution < 1.29 is 4.79 Å². The summed E-state index contributed by atoms with van der Waals surface area (Å²) >= 11 is 0. The highest BCUT2D eigenvalue weighted by molar-refractivity contribution is 5.97. The molecule has 1 aromatic rings. The third-order valence-electron chi connectivity index (χ3n) is 4.31. The highest BCUT2D eigenvalue weighted by atomic mass is 16.2. The predicted molar refractivity (Wildman–Crippen MR) is 75.0 cm³/mol. The smallest absolute Gasteiger partial charge is 0.276 e. The van der Waals surface area contributed by atoms with Crippen LogP contribution in [-0.2, 0) is 0 Å². The zero-order valence-corrected chi connectivity index (χ0v) is 12.2. The van der Waals surface area contributed by atoms with E-state index in [4.69, 9.17) is 5.73 Å². The van der Waals surface area contributed by atoms with Crippen LogP contribution in [0, 0.1) is 6.92 Å². The Kier molecular flexibility index (Phi) is 3.54. The first-order valence-electron chi connectivity index (χ1n) is 6.61. The number of aromatic amines is 1. The molecule has 1 amide bonds. The Balaban J connectivity index is 2.10. The molecule has 2 rings (SSSR count). The average Bonchev–Trinajstić information content (AvgIpc) is 2.63. The summed E-state index contributed by atoms with van der Waals surface area (Å²) in [6.07, 6.45) is 3.49. The molecule has 0 aromatic carbocycles. The van der Waals surface area contributed by atoms with Gasteiger partial charge in [0.05, 0.1) is 11.4 Å². The van der Waals surface area contributed by atoms with Crippen molar-refractivity contribution in [3.8, 4) is 0 Å². The summed E-state index contributed by atoms with van der Waals surface area (Å²) in [7, 11) is 5.96. The van der Waals surface area contributed by atoms with Crippen LogP contribution in [0.1, 0.15) is 35.4 Å². The fraction of sp³-hybridized carbons (Fsp3) is 0.692. The Hall–Kier alpha value is -1.56. The van der Waals surface area contributed by atoms with Crippen molar-refractivity contribution in [2.24, 2.45) is 0 Å². The summed E-state index contributed by atoms with van der Waals surface area (Å²) < 4.78 is 0. The maximum absolute atomic E-state index is 12.4. The maximum atomic E-state index is 12.4. The van der Waals surface area contributed by atoms with Crippen LogP contribution in [-0.4, -0.2) is 59.1 Å². The minimum atomic E-state index is -0.116. The lowest BCUT2D eigenvalue weighted by atomic mass is 9.75. The number of H-pyrrole nitrogens is 1. The monoisotopic (exact) mass is 265 g/mol. The molecule has 0 unspecified atom stereocenters. The molecule has 1 aliphatic rings. The summed E-state index contributed by atoms with van der Waals surface area (Å²) in [6.45, 7) is 2.52. The number of amides is 1. The Morgan fingerprint density at radius 1 is 1.42 bits per heavy atom. The molecule has 1 saturated carbocycles. The number of carbonyl (C=O) groups is 1. The van der Waals surface area contributed by atoms with E-state index in [1.54, 1.807) is 4.90 Å². The number of nitrogen functional groups attached to an aromatic ring is 1. The van der Waals surface area contributed by atoms with Gasteiger partial charge in [-0.1, -0.05) is 0 Å².